The molecule has 3 rings (SSSR count). The zero-order chi connectivity index (χ0) is 15.4. The minimum Gasteiger partial charge on any atom is -0.393 e. The third-order valence-electron chi connectivity index (χ3n) is 4.42. The molecule has 6 heteroatoms. The lowest BCUT2D eigenvalue weighted by molar-refractivity contribution is 0.0791. The number of nitrogens with one attached hydrogen (secondary N) is 1. The van der Waals surface area contributed by atoms with Crippen LogP contribution in [0.5, 0.6) is 0 Å². The maximum absolute atomic E-state index is 9.60. The van der Waals surface area contributed by atoms with Crippen molar-refractivity contribution in [2.24, 2.45) is 10.7 Å². The fourth-order valence-electron chi connectivity index (χ4n) is 2.84. The van der Waals surface area contributed by atoms with Gasteiger partial charge >= 0.3 is 0 Å². The van der Waals surface area contributed by atoms with E-state index in [-0.39, 0.29) is 30.1 Å². The quantitative estimate of drug-likeness (QED) is 0.379. The number of nitrogens with zero attached hydrogens (tertiary/aromatic N) is 2. The lowest BCUT2D eigenvalue weighted by atomic mass is 10.0. The standard InChI is InChI=1S/C17H26N4O.HI/c18-17(20-15-5-6-15)19-11-13-3-1-2-4-14(13)12-21-9-7-16(22)8-10-21;/h1-4,15-16,22H,5-12H2,(H3,18,19,20);1H. The van der Waals surface area contributed by atoms with Gasteiger partial charge < -0.3 is 16.2 Å². The summed E-state index contributed by atoms with van der Waals surface area (Å²) in [6.07, 6.45) is 4.03. The highest BCUT2D eigenvalue weighted by Gasteiger charge is 2.21. The normalized spacial score (nSPS) is 20.1. The highest BCUT2D eigenvalue weighted by Crippen LogP contribution is 2.19. The van der Waals surface area contributed by atoms with E-state index in [4.69, 9.17) is 5.73 Å². The minimum atomic E-state index is -0.121. The van der Waals surface area contributed by atoms with Gasteiger partial charge in [-0.15, -0.1) is 24.0 Å². The molecule has 2 fully saturated rings. The van der Waals surface area contributed by atoms with Crippen LogP contribution in [0.15, 0.2) is 29.3 Å². The molecule has 5 nitrogen and oxygen atoms in total. The predicted molar refractivity (Wildman–Crippen MR) is 104 cm³/mol. The van der Waals surface area contributed by atoms with E-state index in [0.717, 1.165) is 32.5 Å². The molecule has 23 heavy (non-hydrogen) atoms. The lowest BCUT2D eigenvalue weighted by Gasteiger charge is -2.30. The fraction of sp³-hybridized carbons (Fsp3) is 0.588. The molecule has 128 valence electrons. The Hall–Kier alpha value is -0.860. The molecule has 0 atom stereocenters. The summed E-state index contributed by atoms with van der Waals surface area (Å²) in [5.74, 6) is 0.554. The van der Waals surface area contributed by atoms with E-state index in [0.29, 0.717) is 18.5 Å². The van der Waals surface area contributed by atoms with Gasteiger partial charge in [-0.2, -0.15) is 0 Å². The molecule has 2 aliphatic rings. The Morgan fingerprint density at radius 1 is 1.17 bits per heavy atom. The zero-order valence-corrected chi connectivity index (χ0v) is 15.8. The van der Waals surface area contributed by atoms with Gasteiger partial charge in [-0.3, -0.25) is 4.90 Å². The predicted octanol–water partition coefficient (Wildman–Crippen LogP) is 1.83. The largest absolute Gasteiger partial charge is 0.393 e. The number of aliphatic imine (C=N–C) groups is 1. The van der Waals surface area contributed by atoms with Crippen LogP contribution in [-0.4, -0.2) is 41.2 Å². The number of hydrogen-bond donors (Lipinski definition) is 3. The van der Waals surface area contributed by atoms with E-state index in [2.05, 4.69) is 39.5 Å². The molecule has 0 spiro atoms. The van der Waals surface area contributed by atoms with Crippen molar-refractivity contribution in [2.45, 2.75) is 50.9 Å². The highest BCUT2D eigenvalue weighted by atomic mass is 127. The average Bonchev–Trinajstić information content (AvgIpc) is 3.33. The van der Waals surface area contributed by atoms with Gasteiger partial charge in [0, 0.05) is 25.7 Å². The van der Waals surface area contributed by atoms with Crippen molar-refractivity contribution in [3.05, 3.63) is 35.4 Å². The molecule has 1 aromatic rings. The monoisotopic (exact) mass is 430 g/mol. The van der Waals surface area contributed by atoms with Crippen molar-refractivity contribution >= 4 is 29.9 Å². The van der Waals surface area contributed by atoms with Crippen molar-refractivity contribution in [1.29, 1.82) is 0 Å². The Labute approximate surface area is 155 Å². The summed E-state index contributed by atoms with van der Waals surface area (Å²) in [6, 6.07) is 8.97. The molecule has 0 bridgehead atoms. The van der Waals surface area contributed by atoms with Crippen LogP contribution < -0.4 is 11.1 Å². The summed E-state index contributed by atoms with van der Waals surface area (Å²) < 4.78 is 0. The molecule has 0 aromatic heterocycles. The van der Waals surface area contributed by atoms with Gasteiger partial charge in [-0.05, 0) is 36.8 Å². The van der Waals surface area contributed by atoms with Crippen molar-refractivity contribution in [2.75, 3.05) is 13.1 Å². The van der Waals surface area contributed by atoms with Crippen LogP contribution in [-0.2, 0) is 13.1 Å². The fourth-order valence-corrected chi connectivity index (χ4v) is 2.84. The number of guanidine groups is 1. The van der Waals surface area contributed by atoms with Crippen LogP contribution in [0.1, 0.15) is 36.8 Å². The van der Waals surface area contributed by atoms with E-state index >= 15 is 0 Å². The Kier molecular flexibility index (Phi) is 7.10. The minimum absolute atomic E-state index is 0. The summed E-state index contributed by atoms with van der Waals surface area (Å²) in [6.45, 7) is 3.47. The molecule has 1 aliphatic carbocycles. The second-order valence-electron chi connectivity index (χ2n) is 6.40. The number of benzene rings is 1. The molecule has 1 saturated carbocycles. The number of aliphatic hydroxyl groups is 1. The summed E-state index contributed by atoms with van der Waals surface area (Å²) in [7, 11) is 0. The molecule has 1 aromatic carbocycles. The molecule has 0 unspecified atom stereocenters. The SMILES string of the molecule is I.NC(=NCc1ccccc1CN1CCC(O)CC1)NC1CC1. The molecule has 4 N–H and O–H groups in total. The number of piperidine rings is 1. The second-order valence-corrected chi connectivity index (χ2v) is 6.40. The van der Waals surface area contributed by atoms with Crippen molar-refractivity contribution in [3.63, 3.8) is 0 Å². The smallest absolute Gasteiger partial charge is 0.189 e. The van der Waals surface area contributed by atoms with Crippen LogP contribution in [0.2, 0.25) is 0 Å². The van der Waals surface area contributed by atoms with E-state index < -0.39 is 0 Å². The summed E-state index contributed by atoms with van der Waals surface area (Å²) in [5, 5.41) is 12.8. The first-order valence-electron chi connectivity index (χ1n) is 8.24. The highest BCUT2D eigenvalue weighted by molar-refractivity contribution is 14.0. The van der Waals surface area contributed by atoms with E-state index in [1.807, 2.05) is 0 Å². The van der Waals surface area contributed by atoms with E-state index in [9.17, 15) is 5.11 Å². The first kappa shape index (κ1) is 18.5. The summed E-state index contributed by atoms with van der Waals surface area (Å²) >= 11 is 0. The van der Waals surface area contributed by atoms with E-state index in [1.54, 1.807) is 0 Å². The van der Waals surface area contributed by atoms with Gasteiger partial charge in [-0.1, -0.05) is 24.3 Å². The van der Waals surface area contributed by atoms with Gasteiger partial charge in [0.2, 0.25) is 0 Å². The number of halogens is 1. The molecule has 0 radical (unpaired) electrons. The third kappa shape index (κ3) is 5.93. The van der Waals surface area contributed by atoms with Crippen LogP contribution in [0, 0.1) is 0 Å². The molecule has 0 amide bonds. The first-order chi connectivity index (χ1) is 10.7. The van der Waals surface area contributed by atoms with Crippen molar-refractivity contribution in [1.82, 2.24) is 10.2 Å². The molecule has 1 saturated heterocycles. The van der Waals surface area contributed by atoms with Crippen molar-refractivity contribution < 1.29 is 5.11 Å². The summed E-state index contributed by atoms with van der Waals surface area (Å²) in [5.41, 5.74) is 8.45. The Bertz CT molecular complexity index is 525. The third-order valence-corrected chi connectivity index (χ3v) is 4.42. The molecular formula is C17H27IN4O. The van der Waals surface area contributed by atoms with E-state index in [1.165, 1.54) is 24.0 Å². The molecule has 1 aliphatic heterocycles. The topological polar surface area (TPSA) is 73.9 Å². The zero-order valence-electron chi connectivity index (χ0n) is 13.4. The van der Waals surface area contributed by atoms with Gasteiger partial charge in [-0.25, -0.2) is 4.99 Å². The van der Waals surface area contributed by atoms with Crippen LogP contribution >= 0.6 is 24.0 Å². The molecular weight excluding hydrogens is 403 g/mol. The Morgan fingerprint density at radius 2 is 1.83 bits per heavy atom. The van der Waals surface area contributed by atoms with Gasteiger partial charge in [0.05, 0.1) is 12.6 Å². The molecule has 1 heterocycles. The van der Waals surface area contributed by atoms with Gasteiger partial charge in [0.25, 0.3) is 0 Å². The summed E-state index contributed by atoms with van der Waals surface area (Å²) in [4.78, 5) is 6.87. The second kappa shape index (κ2) is 8.84. The van der Waals surface area contributed by atoms with Crippen LogP contribution in [0.4, 0.5) is 0 Å². The maximum atomic E-state index is 9.60. The first-order valence-corrected chi connectivity index (χ1v) is 8.24. The number of hydrogen-bond acceptors (Lipinski definition) is 3. The number of rotatable bonds is 5. The van der Waals surface area contributed by atoms with Crippen LogP contribution in [0.25, 0.3) is 0 Å². The van der Waals surface area contributed by atoms with Gasteiger partial charge in [0.1, 0.15) is 0 Å². The van der Waals surface area contributed by atoms with Gasteiger partial charge in [0.15, 0.2) is 5.96 Å². The number of nitrogens with two attached hydrogens (primary N) is 1. The van der Waals surface area contributed by atoms with Crippen LogP contribution in [0.3, 0.4) is 0 Å². The maximum Gasteiger partial charge on any atom is 0.189 e. The number of aliphatic hydroxyl groups excluding tert-OH is 1. The number of likely N-dealkylation sites (tertiary alicyclic amines) is 1. The average molecular weight is 430 g/mol. The Morgan fingerprint density at radius 3 is 2.48 bits per heavy atom. The lowest BCUT2D eigenvalue weighted by Crippen LogP contribution is -2.35. The van der Waals surface area contributed by atoms with Crippen molar-refractivity contribution in [3.8, 4) is 0 Å². The Balaban J connectivity index is 0.00000192.